The highest BCUT2D eigenvalue weighted by Crippen LogP contribution is 2.24. The number of hydrogen-bond acceptors (Lipinski definition) is 4. The number of hydrogen-bond donors (Lipinski definition) is 2. The maximum Gasteiger partial charge on any atom is 0.251 e. The van der Waals surface area contributed by atoms with E-state index in [0.717, 1.165) is 12.1 Å². The van der Waals surface area contributed by atoms with Crippen LogP contribution in [-0.2, 0) is 0 Å². The highest BCUT2D eigenvalue weighted by Gasteiger charge is 2.26. The number of aromatic nitrogens is 3. The minimum Gasteiger partial charge on any atom is -0.366 e. The molecule has 0 radical (unpaired) electrons. The third kappa shape index (κ3) is 2.48. The Labute approximate surface area is 135 Å². The summed E-state index contributed by atoms with van der Waals surface area (Å²) in [6, 6.07) is 1.70. The highest BCUT2D eigenvalue weighted by atomic mass is 79.9. The van der Waals surface area contributed by atoms with Crippen LogP contribution in [0.2, 0.25) is 0 Å². The SMILES string of the molecule is NC(=O)c1ccc(F)c(C(=O)c2c[nH]c3ncc(Br)nc23)c1F. The number of carbonyl (C=O) groups is 2. The van der Waals surface area contributed by atoms with Gasteiger partial charge in [-0.1, -0.05) is 0 Å². The zero-order valence-corrected chi connectivity index (χ0v) is 12.8. The smallest absolute Gasteiger partial charge is 0.251 e. The van der Waals surface area contributed by atoms with Crippen LogP contribution in [0, 0.1) is 11.6 Å². The van der Waals surface area contributed by atoms with Gasteiger partial charge in [-0.05, 0) is 28.1 Å². The van der Waals surface area contributed by atoms with Gasteiger partial charge in [-0.15, -0.1) is 0 Å². The number of amides is 1. The predicted octanol–water partition coefficient (Wildman–Crippen LogP) is 2.33. The number of H-pyrrole nitrogens is 1. The van der Waals surface area contributed by atoms with Gasteiger partial charge in [0.2, 0.25) is 5.78 Å². The van der Waals surface area contributed by atoms with E-state index in [-0.39, 0.29) is 16.7 Å². The van der Waals surface area contributed by atoms with Crippen molar-refractivity contribution in [2.75, 3.05) is 0 Å². The van der Waals surface area contributed by atoms with Gasteiger partial charge in [-0.25, -0.2) is 18.7 Å². The molecule has 116 valence electrons. The Morgan fingerprint density at radius 2 is 1.96 bits per heavy atom. The van der Waals surface area contributed by atoms with Gasteiger partial charge >= 0.3 is 0 Å². The molecule has 23 heavy (non-hydrogen) atoms. The van der Waals surface area contributed by atoms with Gasteiger partial charge < -0.3 is 10.7 Å². The van der Waals surface area contributed by atoms with E-state index < -0.39 is 34.5 Å². The number of aromatic amines is 1. The molecule has 0 aliphatic rings. The lowest BCUT2D eigenvalue weighted by atomic mass is 10.0. The molecule has 1 aromatic carbocycles. The molecule has 0 saturated carbocycles. The molecule has 0 bridgehead atoms. The number of nitrogens with two attached hydrogens (primary N) is 1. The second-order valence-corrected chi connectivity index (χ2v) is 5.38. The number of halogens is 3. The van der Waals surface area contributed by atoms with E-state index in [4.69, 9.17) is 5.73 Å². The van der Waals surface area contributed by atoms with Crippen LogP contribution in [0.4, 0.5) is 8.78 Å². The van der Waals surface area contributed by atoms with Crippen LogP contribution in [0.1, 0.15) is 26.3 Å². The normalized spacial score (nSPS) is 10.9. The summed E-state index contributed by atoms with van der Waals surface area (Å²) in [6.45, 7) is 0. The Kier molecular flexibility index (Phi) is 3.64. The van der Waals surface area contributed by atoms with Crippen LogP contribution in [-0.4, -0.2) is 26.6 Å². The molecule has 0 atom stereocenters. The van der Waals surface area contributed by atoms with Crippen molar-refractivity contribution in [3.63, 3.8) is 0 Å². The molecule has 3 N–H and O–H groups in total. The second kappa shape index (κ2) is 5.51. The fourth-order valence-electron chi connectivity index (χ4n) is 2.13. The number of ketones is 1. The highest BCUT2D eigenvalue weighted by molar-refractivity contribution is 9.10. The van der Waals surface area contributed by atoms with Crippen molar-refractivity contribution in [2.24, 2.45) is 5.73 Å². The summed E-state index contributed by atoms with van der Waals surface area (Å²) in [7, 11) is 0. The number of nitrogens with one attached hydrogen (secondary N) is 1. The standard InChI is InChI=1S/C14H7BrF2N4O2/c15-8-4-20-14-11(21-8)6(3-19-14)12(22)9-7(16)2-1-5(10(9)17)13(18)23/h1-4H,(H2,18,23)(H,19,20). The summed E-state index contributed by atoms with van der Waals surface area (Å²) in [5.41, 5.74) is 3.93. The first kappa shape index (κ1) is 15.2. The molecule has 2 heterocycles. The van der Waals surface area contributed by atoms with Crippen LogP contribution >= 0.6 is 15.9 Å². The Balaban J connectivity index is 2.22. The quantitative estimate of drug-likeness (QED) is 0.680. The van der Waals surface area contributed by atoms with E-state index in [1.807, 2.05) is 0 Å². The van der Waals surface area contributed by atoms with Gasteiger partial charge in [0.25, 0.3) is 5.91 Å². The summed E-state index contributed by atoms with van der Waals surface area (Å²) >= 11 is 3.11. The Morgan fingerprint density at radius 3 is 2.65 bits per heavy atom. The van der Waals surface area contributed by atoms with Crippen LogP contribution in [0.15, 0.2) is 29.1 Å². The van der Waals surface area contributed by atoms with E-state index in [9.17, 15) is 18.4 Å². The van der Waals surface area contributed by atoms with Crippen molar-refractivity contribution in [2.45, 2.75) is 0 Å². The molecule has 3 aromatic rings. The number of nitrogens with zero attached hydrogens (tertiary/aromatic N) is 2. The largest absolute Gasteiger partial charge is 0.366 e. The Bertz CT molecular complexity index is 971. The molecular formula is C14H7BrF2N4O2. The monoisotopic (exact) mass is 380 g/mol. The molecule has 9 heteroatoms. The minimum atomic E-state index is -1.31. The second-order valence-electron chi connectivity index (χ2n) is 4.57. The van der Waals surface area contributed by atoms with Crippen molar-refractivity contribution in [3.05, 3.63) is 57.5 Å². The van der Waals surface area contributed by atoms with Crippen LogP contribution in [0.3, 0.4) is 0 Å². The number of fused-ring (bicyclic) bond motifs is 1. The van der Waals surface area contributed by atoms with E-state index >= 15 is 0 Å². The molecule has 0 fully saturated rings. The van der Waals surface area contributed by atoms with E-state index in [1.54, 1.807) is 0 Å². The van der Waals surface area contributed by atoms with E-state index in [1.165, 1.54) is 12.4 Å². The molecule has 1 amide bonds. The molecule has 2 aromatic heterocycles. The Morgan fingerprint density at radius 1 is 1.22 bits per heavy atom. The molecule has 6 nitrogen and oxygen atoms in total. The lowest BCUT2D eigenvalue weighted by molar-refractivity contribution is 0.0996. The summed E-state index contributed by atoms with van der Waals surface area (Å²) in [6.07, 6.45) is 2.65. The summed E-state index contributed by atoms with van der Waals surface area (Å²) in [4.78, 5) is 34.4. The van der Waals surface area contributed by atoms with E-state index in [2.05, 4.69) is 30.9 Å². The van der Waals surface area contributed by atoms with Gasteiger partial charge in [-0.2, -0.15) is 0 Å². The van der Waals surface area contributed by atoms with Gasteiger partial charge in [0.1, 0.15) is 21.8 Å². The van der Waals surface area contributed by atoms with Crippen molar-refractivity contribution >= 4 is 38.8 Å². The van der Waals surface area contributed by atoms with Crippen LogP contribution in [0.25, 0.3) is 11.2 Å². The first-order valence-corrected chi connectivity index (χ1v) is 7.01. The molecule has 0 saturated heterocycles. The first-order chi connectivity index (χ1) is 10.9. The van der Waals surface area contributed by atoms with Gasteiger partial charge in [0.15, 0.2) is 5.65 Å². The van der Waals surface area contributed by atoms with Crippen molar-refractivity contribution in [3.8, 4) is 0 Å². The van der Waals surface area contributed by atoms with Crippen molar-refractivity contribution in [1.82, 2.24) is 15.0 Å². The number of rotatable bonds is 3. The van der Waals surface area contributed by atoms with Crippen LogP contribution < -0.4 is 5.73 Å². The fourth-order valence-corrected chi connectivity index (χ4v) is 2.41. The summed E-state index contributed by atoms with van der Waals surface area (Å²) in [5, 5.41) is 0. The molecule has 3 rings (SSSR count). The van der Waals surface area contributed by atoms with Crippen molar-refractivity contribution < 1.29 is 18.4 Å². The molecule has 0 unspecified atom stereocenters. The average Bonchev–Trinajstić information content (AvgIpc) is 2.89. The maximum atomic E-state index is 14.3. The zero-order chi connectivity index (χ0) is 16.7. The Hall–Kier alpha value is -2.68. The van der Waals surface area contributed by atoms with E-state index in [0.29, 0.717) is 4.60 Å². The third-order valence-corrected chi connectivity index (χ3v) is 3.56. The number of carbonyl (C=O) groups excluding carboxylic acids is 2. The van der Waals surface area contributed by atoms with Crippen LogP contribution in [0.5, 0.6) is 0 Å². The van der Waals surface area contributed by atoms with Gasteiger partial charge in [0, 0.05) is 6.20 Å². The molecule has 0 aliphatic heterocycles. The molecular weight excluding hydrogens is 374 g/mol. The van der Waals surface area contributed by atoms with Crippen molar-refractivity contribution in [1.29, 1.82) is 0 Å². The minimum absolute atomic E-state index is 0.0757. The molecule has 0 spiro atoms. The fraction of sp³-hybridized carbons (Fsp3) is 0. The zero-order valence-electron chi connectivity index (χ0n) is 11.2. The molecule has 0 aliphatic carbocycles. The summed E-state index contributed by atoms with van der Waals surface area (Å²) in [5.74, 6) is -4.48. The number of primary amides is 1. The average molecular weight is 381 g/mol. The summed E-state index contributed by atoms with van der Waals surface area (Å²) < 4.78 is 28.6. The first-order valence-electron chi connectivity index (χ1n) is 6.22. The lowest BCUT2D eigenvalue weighted by Crippen LogP contribution is -2.17. The maximum absolute atomic E-state index is 14.3. The predicted molar refractivity (Wildman–Crippen MR) is 79.9 cm³/mol. The van der Waals surface area contributed by atoms with Gasteiger partial charge in [0.05, 0.1) is 22.9 Å². The lowest BCUT2D eigenvalue weighted by Gasteiger charge is -2.06. The third-order valence-electron chi connectivity index (χ3n) is 3.18. The number of benzene rings is 1. The topological polar surface area (TPSA) is 102 Å². The van der Waals surface area contributed by atoms with Gasteiger partial charge in [-0.3, -0.25) is 9.59 Å².